The minimum absolute atomic E-state index is 0.0419. The van der Waals surface area contributed by atoms with Gasteiger partial charge in [-0.05, 0) is 36.5 Å². The lowest BCUT2D eigenvalue weighted by atomic mass is 9.80. The molecule has 100 valence electrons. The minimum Gasteiger partial charge on any atom is -0.382 e. The van der Waals surface area contributed by atoms with Gasteiger partial charge in [-0.25, -0.2) is 14.4 Å². The monoisotopic (exact) mass is 268 g/mol. The predicted octanol–water partition coefficient (Wildman–Crippen LogP) is 3.00. The fourth-order valence-electron chi connectivity index (χ4n) is 2.40. The maximum Gasteiger partial charge on any atom is 0.169 e. The number of halogens is 1. The lowest BCUT2D eigenvalue weighted by Crippen LogP contribution is -2.09. The van der Waals surface area contributed by atoms with E-state index in [9.17, 15) is 4.39 Å². The number of aromatic nitrogens is 2. The number of nitriles is 1. The fraction of sp³-hybridized carbons (Fsp3) is 0.267. The second kappa shape index (κ2) is 4.89. The van der Waals surface area contributed by atoms with Gasteiger partial charge in [-0.1, -0.05) is 12.5 Å². The zero-order chi connectivity index (χ0) is 14.1. The Labute approximate surface area is 116 Å². The fourth-order valence-corrected chi connectivity index (χ4v) is 2.40. The molecule has 0 spiro atoms. The molecule has 1 aliphatic carbocycles. The molecule has 20 heavy (non-hydrogen) atoms. The molecule has 0 amide bonds. The van der Waals surface area contributed by atoms with Crippen LogP contribution in [0.3, 0.4) is 0 Å². The molecule has 5 heteroatoms. The summed E-state index contributed by atoms with van der Waals surface area (Å²) in [6, 6.07) is 7.02. The van der Waals surface area contributed by atoms with Gasteiger partial charge in [0.25, 0.3) is 0 Å². The van der Waals surface area contributed by atoms with Gasteiger partial charge in [0.05, 0.1) is 6.20 Å². The first-order valence-electron chi connectivity index (χ1n) is 6.51. The third kappa shape index (κ3) is 2.10. The number of hydrogen-bond acceptors (Lipinski definition) is 4. The summed E-state index contributed by atoms with van der Waals surface area (Å²) in [6.45, 7) is 0. The van der Waals surface area contributed by atoms with Crippen LogP contribution in [0, 0.1) is 17.1 Å². The summed E-state index contributed by atoms with van der Waals surface area (Å²) < 4.78 is 14.3. The number of nitrogens with zero attached hydrogens (tertiary/aromatic N) is 3. The molecule has 2 aromatic rings. The van der Waals surface area contributed by atoms with E-state index in [2.05, 4.69) is 9.97 Å². The normalized spacial score (nSPS) is 14.6. The van der Waals surface area contributed by atoms with Crippen molar-refractivity contribution >= 4 is 5.82 Å². The summed E-state index contributed by atoms with van der Waals surface area (Å²) in [5.41, 5.74) is 7.07. The molecular formula is C15H13FN4. The highest BCUT2D eigenvalue weighted by molar-refractivity contribution is 5.66. The van der Waals surface area contributed by atoms with Crippen LogP contribution in [-0.4, -0.2) is 9.97 Å². The molecule has 0 atom stereocenters. The van der Waals surface area contributed by atoms with Crippen molar-refractivity contribution in [2.24, 2.45) is 0 Å². The summed E-state index contributed by atoms with van der Waals surface area (Å²) in [5.74, 6) is 0.244. The van der Waals surface area contributed by atoms with Crippen molar-refractivity contribution in [3.05, 3.63) is 41.5 Å². The summed E-state index contributed by atoms with van der Waals surface area (Å²) >= 11 is 0. The standard InChI is InChI=1S/C15H13FN4/c16-12-6-10(9-2-1-3-9)4-5-11(12)15-13(7-17)20-14(18)8-19-15/h4-6,8-9H,1-3H2,(H2,18,20). The maximum atomic E-state index is 14.3. The van der Waals surface area contributed by atoms with Crippen LogP contribution < -0.4 is 5.73 Å². The molecular weight excluding hydrogens is 255 g/mol. The molecule has 1 saturated carbocycles. The van der Waals surface area contributed by atoms with Crippen LogP contribution in [0.25, 0.3) is 11.3 Å². The quantitative estimate of drug-likeness (QED) is 0.908. The van der Waals surface area contributed by atoms with Crippen LogP contribution in [0.2, 0.25) is 0 Å². The summed E-state index contributed by atoms with van der Waals surface area (Å²) in [7, 11) is 0. The smallest absolute Gasteiger partial charge is 0.169 e. The van der Waals surface area contributed by atoms with E-state index in [1.54, 1.807) is 12.1 Å². The molecule has 1 aromatic carbocycles. The second-order valence-electron chi connectivity index (χ2n) is 4.97. The first kappa shape index (κ1) is 12.5. The Bertz CT molecular complexity index is 702. The van der Waals surface area contributed by atoms with Crippen LogP contribution in [0.5, 0.6) is 0 Å². The summed E-state index contributed by atoms with van der Waals surface area (Å²) in [5, 5.41) is 9.05. The topological polar surface area (TPSA) is 75.6 Å². The van der Waals surface area contributed by atoms with E-state index in [1.807, 2.05) is 12.1 Å². The van der Waals surface area contributed by atoms with Gasteiger partial charge in [0, 0.05) is 5.56 Å². The predicted molar refractivity (Wildman–Crippen MR) is 73.1 cm³/mol. The maximum absolute atomic E-state index is 14.3. The molecule has 2 N–H and O–H groups in total. The Hall–Kier alpha value is -2.48. The largest absolute Gasteiger partial charge is 0.382 e. The second-order valence-corrected chi connectivity index (χ2v) is 4.97. The third-order valence-corrected chi connectivity index (χ3v) is 3.72. The first-order valence-corrected chi connectivity index (χ1v) is 6.51. The highest BCUT2D eigenvalue weighted by atomic mass is 19.1. The number of benzene rings is 1. The van der Waals surface area contributed by atoms with E-state index in [1.165, 1.54) is 12.6 Å². The Kier molecular flexibility index (Phi) is 3.07. The average Bonchev–Trinajstić information content (AvgIpc) is 2.37. The van der Waals surface area contributed by atoms with Gasteiger partial charge < -0.3 is 5.73 Å². The molecule has 0 radical (unpaired) electrons. The molecule has 3 rings (SSSR count). The Morgan fingerprint density at radius 1 is 1.35 bits per heavy atom. The number of hydrogen-bond donors (Lipinski definition) is 1. The van der Waals surface area contributed by atoms with E-state index < -0.39 is 0 Å². The van der Waals surface area contributed by atoms with Gasteiger partial charge in [0.2, 0.25) is 0 Å². The Morgan fingerprint density at radius 2 is 2.15 bits per heavy atom. The molecule has 0 saturated heterocycles. The number of nitrogen functional groups attached to an aromatic ring is 1. The van der Waals surface area contributed by atoms with Crippen molar-refractivity contribution < 1.29 is 4.39 Å². The van der Waals surface area contributed by atoms with Gasteiger partial charge in [0.1, 0.15) is 23.4 Å². The molecule has 1 aromatic heterocycles. The van der Waals surface area contributed by atoms with Crippen molar-refractivity contribution in [2.75, 3.05) is 5.73 Å². The van der Waals surface area contributed by atoms with Crippen molar-refractivity contribution in [3.8, 4) is 17.3 Å². The molecule has 4 nitrogen and oxygen atoms in total. The first-order chi connectivity index (χ1) is 9.69. The molecule has 0 aliphatic heterocycles. The number of rotatable bonds is 2. The van der Waals surface area contributed by atoms with Crippen LogP contribution in [0.1, 0.15) is 36.4 Å². The van der Waals surface area contributed by atoms with Crippen molar-refractivity contribution in [2.45, 2.75) is 25.2 Å². The van der Waals surface area contributed by atoms with Crippen molar-refractivity contribution in [1.82, 2.24) is 9.97 Å². The highest BCUT2D eigenvalue weighted by Crippen LogP contribution is 2.37. The zero-order valence-corrected chi connectivity index (χ0v) is 10.8. The Balaban J connectivity index is 2.04. The van der Waals surface area contributed by atoms with Gasteiger partial charge >= 0.3 is 0 Å². The van der Waals surface area contributed by atoms with E-state index in [-0.39, 0.29) is 28.6 Å². The van der Waals surface area contributed by atoms with Gasteiger partial charge in [0.15, 0.2) is 5.69 Å². The molecule has 1 fully saturated rings. The lowest BCUT2D eigenvalue weighted by Gasteiger charge is -2.26. The lowest BCUT2D eigenvalue weighted by molar-refractivity contribution is 0.418. The third-order valence-electron chi connectivity index (χ3n) is 3.72. The van der Waals surface area contributed by atoms with E-state index in [0.29, 0.717) is 5.92 Å². The van der Waals surface area contributed by atoms with Crippen molar-refractivity contribution in [1.29, 1.82) is 5.26 Å². The van der Waals surface area contributed by atoms with Gasteiger partial charge in [-0.2, -0.15) is 5.26 Å². The van der Waals surface area contributed by atoms with Gasteiger partial charge in [-0.3, -0.25) is 0 Å². The van der Waals surface area contributed by atoms with E-state index in [0.717, 1.165) is 18.4 Å². The number of anilines is 1. The van der Waals surface area contributed by atoms with Crippen LogP contribution >= 0.6 is 0 Å². The van der Waals surface area contributed by atoms with Gasteiger partial charge in [-0.15, -0.1) is 0 Å². The molecule has 1 aliphatic rings. The average molecular weight is 268 g/mol. The Morgan fingerprint density at radius 3 is 2.75 bits per heavy atom. The van der Waals surface area contributed by atoms with Crippen LogP contribution in [0.15, 0.2) is 24.4 Å². The van der Waals surface area contributed by atoms with Crippen LogP contribution in [-0.2, 0) is 0 Å². The molecule has 0 unspecified atom stereocenters. The van der Waals surface area contributed by atoms with E-state index >= 15 is 0 Å². The molecule has 1 heterocycles. The van der Waals surface area contributed by atoms with Crippen molar-refractivity contribution in [3.63, 3.8) is 0 Å². The highest BCUT2D eigenvalue weighted by Gasteiger charge is 2.21. The zero-order valence-electron chi connectivity index (χ0n) is 10.8. The SMILES string of the molecule is N#Cc1nc(N)cnc1-c1ccc(C2CCC2)cc1F. The van der Waals surface area contributed by atoms with Crippen LogP contribution in [0.4, 0.5) is 10.2 Å². The number of nitrogens with two attached hydrogens (primary N) is 1. The summed E-state index contributed by atoms with van der Waals surface area (Å²) in [4.78, 5) is 7.92. The van der Waals surface area contributed by atoms with E-state index in [4.69, 9.17) is 11.0 Å². The minimum atomic E-state index is -0.370. The molecule has 0 bridgehead atoms. The summed E-state index contributed by atoms with van der Waals surface area (Å²) in [6.07, 6.45) is 4.76.